The van der Waals surface area contributed by atoms with Crippen molar-refractivity contribution in [3.05, 3.63) is 52.5 Å². The van der Waals surface area contributed by atoms with E-state index in [9.17, 15) is 23.3 Å². The monoisotopic (exact) mass is 523 g/mol. The molecule has 3 aliphatic heterocycles. The number of ether oxygens (including phenoxy) is 3. The summed E-state index contributed by atoms with van der Waals surface area (Å²) in [7, 11) is 0. The van der Waals surface area contributed by atoms with Gasteiger partial charge in [-0.2, -0.15) is 0 Å². The molecule has 0 saturated carbocycles. The van der Waals surface area contributed by atoms with Crippen LogP contribution in [-0.2, 0) is 6.54 Å². The van der Waals surface area contributed by atoms with E-state index in [0.29, 0.717) is 38.7 Å². The average Bonchev–Trinajstić information content (AvgIpc) is 3.50. The van der Waals surface area contributed by atoms with Crippen molar-refractivity contribution in [1.82, 2.24) is 24.7 Å². The molecule has 12 nitrogen and oxygen atoms in total. The van der Waals surface area contributed by atoms with E-state index in [-0.39, 0.29) is 29.7 Å². The average molecular weight is 523 g/mol. The lowest BCUT2D eigenvalue weighted by Gasteiger charge is -2.29. The number of imidazole rings is 1. The van der Waals surface area contributed by atoms with Crippen molar-refractivity contribution in [3.8, 4) is 17.5 Å². The summed E-state index contributed by atoms with van der Waals surface area (Å²) < 4.78 is 53.9. The van der Waals surface area contributed by atoms with Gasteiger partial charge in [-0.25, -0.2) is 4.99 Å². The number of nitro groups is 1. The molecule has 4 heterocycles. The van der Waals surface area contributed by atoms with Gasteiger partial charge in [0, 0.05) is 31.0 Å². The molecule has 0 amide bonds. The fourth-order valence-corrected chi connectivity index (χ4v) is 4.26. The first-order valence-corrected chi connectivity index (χ1v) is 11.6. The first kappa shape index (κ1) is 24.7. The van der Waals surface area contributed by atoms with Crippen LogP contribution in [0.5, 0.6) is 17.5 Å². The molecule has 0 spiro atoms. The predicted octanol–water partition coefficient (Wildman–Crippen LogP) is 2.34. The van der Waals surface area contributed by atoms with Gasteiger partial charge in [0.1, 0.15) is 36.2 Å². The van der Waals surface area contributed by atoms with Crippen LogP contribution in [0, 0.1) is 10.1 Å². The number of aliphatic imine (C=N–C) groups is 1. The maximum absolute atomic E-state index is 12.3. The summed E-state index contributed by atoms with van der Waals surface area (Å²) in [6.07, 6.45) is 1.06. The third-order valence-corrected chi connectivity index (χ3v) is 6.02. The third-order valence-electron chi connectivity index (χ3n) is 6.02. The Morgan fingerprint density at radius 3 is 2.70 bits per heavy atom. The molecule has 1 aromatic carbocycles. The topological polar surface area (TPSA) is 120 Å². The van der Waals surface area contributed by atoms with Gasteiger partial charge in [-0.15, -0.1) is 13.2 Å². The second-order valence-electron chi connectivity index (χ2n) is 8.73. The lowest BCUT2D eigenvalue weighted by Crippen LogP contribution is -2.47. The normalized spacial score (nSPS) is 21.3. The van der Waals surface area contributed by atoms with E-state index >= 15 is 0 Å². The number of hydrogen-bond donors (Lipinski definition) is 1. The number of likely N-dealkylation sites (tertiary alicyclic amines) is 1. The second-order valence-corrected chi connectivity index (χ2v) is 8.73. The number of benzene rings is 1. The maximum Gasteiger partial charge on any atom is 0.573 e. The highest BCUT2D eigenvalue weighted by Crippen LogP contribution is 2.27. The van der Waals surface area contributed by atoms with Crippen LogP contribution in [0.4, 0.5) is 19.0 Å². The predicted molar refractivity (Wildman–Crippen MR) is 123 cm³/mol. The molecule has 5 rings (SSSR count). The van der Waals surface area contributed by atoms with E-state index in [1.54, 1.807) is 10.9 Å². The summed E-state index contributed by atoms with van der Waals surface area (Å²) >= 11 is 0. The molecule has 1 saturated heterocycles. The SMILES string of the molecule is O=[N+]([O-])c1cn2c(n1)OC[C@@H](NCN1C=NC(N3CCC(Oc4ccc(OC(F)(F)F)cc4)C3)=CC1)C2. The van der Waals surface area contributed by atoms with E-state index < -0.39 is 11.3 Å². The second kappa shape index (κ2) is 10.2. The van der Waals surface area contributed by atoms with Gasteiger partial charge in [0.05, 0.1) is 25.6 Å². The largest absolute Gasteiger partial charge is 0.573 e. The van der Waals surface area contributed by atoms with Gasteiger partial charge in [-0.3, -0.25) is 9.88 Å². The summed E-state index contributed by atoms with van der Waals surface area (Å²) in [6.45, 7) is 3.39. The molecule has 1 aromatic heterocycles. The van der Waals surface area contributed by atoms with Crippen molar-refractivity contribution in [3.63, 3.8) is 0 Å². The molecule has 0 radical (unpaired) electrons. The zero-order valence-corrected chi connectivity index (χ0v) is 19.5. The number of rotatable bonds is 8. The number of alkyl halides is 3. The van der Waals surface area contributed by atoms with Crippen molar-refractivity contribution >= 4 is 12.2 Å². The van der Waals surface area contributed by atoms with E-state index in [0.717, 1.165) is 18.8 Å². The molecule has 1 fully saturated rings. The summed E-state index contributed by atoms with van der Waals surface area (Å²) in [5.41, 5.74) is 0. The molecular weight excluding hydrogens is 499 g/mol. The number of nitrogens with one attached hydrogen (secondary N) is 1. The third kappa shape index (κ3) is 6.22. The molecule has 15 heteroatoms. The van der Waals surface area contributed by atoms with Gasteiger partial charge in [0.15, 0.2) is 0 Å². The summed E-state index contributed by atoms with van der Waals surface area (Å²) in [5, 5.41) is 14.3. The van der Waals surface area contributed by atoms with Gasteiger partial charge in [-0.1, -0.05) is 0 Å². The van der Waals surface area contributed by atoms with E-state index in [1.807, 2.05) is 11.0 Å². The van der Waals surface area contributed by atoms with Crippen molar-refractivity contribution in [2.24, 2.45) is 4.99 Å². The Bertz CT molecular complexity index is 1180. The maximum atomic E-state index is 12.3. The molecule has 198 valence electrons. The summed E-state index contributed by atoms with van der Waals surface area (Å²) in [4.78, 5) is 22.8. The van der Waals surface area contributed by atoms with Crippen molar-refractivity contribution < 1.29 is 32.3 Å². The van der Waals surface area contributed by atoms with Crippen LogP contribution >= 0.6 is 0 Å². The lowest BCUT2D eigenvalue weighted by molar-refractivity contribution is -0.389. The minimum absolute atomic E-state index is 0.0364. The zero-order chi connectivity index (χ0) is 26.0. The molecule has 0 aliphatic carbocycles. The minimum atomic E-state index is -4.73. The molecule has 1 unspecified atom stereocenters. The number of aromatic nitrogens is 2. The minimum Gasteiger partial charge on any atom is -0.489 e. The van der Waals surface area contributed by atoms with Gasteiger partial charge in [0.2, 0.25) is 0 Å². The van der Waals surface area contributed by atoms with Crippen molar-refractivity contribution in [2.75, 3.05) is 32.9 Å². The van der Waals surface area contributed by atoms with Crippen LogP contribution in [0.2, 0.25) is 0 Å². The van der Waals surface area contributed by atoms with E-state index in [1.165, 1.54) is 30.5 Å². The Morgan fingerprint density at radius 1 is 1.22 bits per heavy atom. The molecule has 2 atom stereocenters. The highest BCUT2D eigenvalue weighted by atomic mass is 19.4. The zero-order valence-electron chi connectivity index (χ0n) is 19.5. The number of fused-ring (bicyclic) bond motifs is 1. The number of nitrogens with zero attached hydrogens (tertiary/aromatic N) is 6. The fraction of sp³-hybridized carbons (Fsp3) is 0.455. The van der Waals surface area contributed by atoms with Crippen LogP contribution < -0.4 is 19.5 Å². The Balaban J connectivity index is 1.05. The fourth-order valence-electron chi connectivity index (χ4n) is 4.26. The molecule has 1 N–H and O–H groups in total. The van der Waals surface area contributed by atoms with Gasteiger partial charge >= 0.3 is 18.2 Å². The van der Waals surface area contributed by atoms with Crippen LogP contribution in [0.25, 0.3) is 0 Å². The molecule has 2 aromatic rings. The van der Waals surface area contributed by atoms with Crippen LogP contribution in [0.15, 0.2) is 47.4 Å². The highest BCUT2D eigenvalue weighted by Gasteiger charge is 2.31. The Hall–Kier alpha value is -4.01. The first-order chi connectivity index (χ1) is 17.7. The molecule has 37 heavy (non-hydrogen) atoms. The smallest absolute Gasteiger partial charge is 0.489 e. The molecule has 0 bridgehead atoms. The van der Waals surface area contributed by atoms with Crippen LogP contribution in [0.3, 0.4) is 0 Å². The number of halogens is 3. The Kier molecular flexibility index (Phi) is 6.78. The van der Waals surface area contributed by atoms with E-state index in [2.05, 4.69) is 24.9 Å². The van der Waals surface area contributed by atoms with Gasteiger partial charge in [-0.05, 0) is 35.3 Å². The van der Waals surface area contributed by atoms with Crippen molar-refractivity contribution in [1.29, 1.82) is 0 Å². The van der Waals surface area contributed by atoms with Crippen molar-refractivity contribution in [2.45, 2.75) is 31.5 Å². The molecule has 3 aliphatic rings. The summed E-state index contributed by atoms with van der Waals surface area (Å²) in [6, 6.07) is 5.58. The van der Waals surface area contributed by atoms with Crippen LogP contribution in [-0.4, -0.2) is 82.0 Å². The van der Waals surface area contributed by atoms with Crippen LogP contribution in [0.1, 0.15) is 6.42 Å². The van der Waals surface area contributed by atoms with Gasteiger partial charge < -0.3 is 34.1 Å². The number of hydrogen-bond acceptors (Lipinski definition) is 10. The first-order valence-electron chi connectivity index (χ1n) is 11.6. The highest BCUT2D eigenvalue weighted by molar-refractivity contribution is 5.58. The lowest BCUT2D eigenvalue weighted by atomic mass is 10.3. The Labute approximate surface area is 209 Å². The van der Waals surface area contributed by atoms with Gasteiger partial charge in [0.25, 0.3) is 0 Å². The summed E-state index contributed by atoms with van der Waals surface area (Å²) in [5.74, 6) is 0.788. The van der Waals surface area contributed by atoms with E-state index in [4.69, 9.17) is 9.47 Å². The molecular formula is C22H24F3N7O5. The Morgan fingerprint density at radius 2 is 2.00 bits per heavy atom. The quantitative estimate of drug-likeness (QED) is 0.411. The standard InChI is InChI=1S/C22H24F3N7O5/c23-22(24,25)37-17-3-1-16(2-4-17)36-18-5-8-30(10-18)19-6-7-29(14-27-19)13-26-15-9-31-11-20(32(33)34)28-21(31)35-12-15/h1-4,6,11,14-15,18,26H,5,7-10,12-13H2/t15-,18?/m0/s1.